The number of nitrogens with one attached hydrogen (secondary N) is 2. The van der Waals surface area contributed by atoms with Gasteiger partial charge in [-0.15, -0.1) is 0 Å². The lowest BCUT2D eigenvalue weighted by Crippen LogP contribution is -2.48. The van der Waals surface area contributed by atoms with Gasteiger partial charge in [0, 0.05) is 13.1 Å². The Balaban J connectivity index is 3.19. The second-order valence-corrected chi connectivity index (χ2v) is 10.2. The van der Waals surface area contributed by atoms with Crippen molar-refractivity contribution in [1.82, 2.24) is 15.5 Å². The van der Waals surface area contributed by atoms with Gasteiger partial charge in [-0.3, -0.25) is 9.59 Å². The fraction of sp³-hybridized carbons (Fsp3) is 0.679. The van der Waals surface area contributed by atoms with Crippen molar-refractivity contribution in [3.8, 4) is 0 Å². The SMILES string of the molecule is CCCCCCCN(C(=O)CNC(=O)OC(C)(C)C)C(C(=O)NCCCC)c1ccc(C)c(C)c1. The van der Waals surface area contributed by atoms with Gasteiger partial charge in [0.05, 0.1) is 0 Å². The number of carbonyl (C=O) groups is 3. The molecule has 0 saturated heterocycles. The van der Waals surface area contributed by atoms with Gasteiger partial charge >= 0.3 is 6.09 Å². The molecule has 1 aromatic carbocycles. The van der Waals surface area contributed by atoms with E-state index in [2.05, 4.69) is 24.5 Å². The van der Waals surface area contributed by atoms with Crippen molar-refractivity contribution < 1.29 is 19.1 Å². The minimum atomic E-state index is -0.759. The first-order valence-electron chi connectivity index (χ1n) is 13.1. The number of alkyl carbamates (subject to hydrolysis) is 1. The minimum Gasteiger partial charge on any atom is -0.444 e. The van der Waals surface area contributed by atoms with Gasteiger partial charge < -0.3 is 20.3 Å². The third kappa shape index (κ3) is 11.6. The van der Waals surface area contributed by atoms with Crippen LogP contribution in [0.1, 0.15) is 102 Å². The summed E-state index contributed by atoms with van der Waals surface area (Å²) in [5.74, 6) is -0.499. The van der Waals surface area contributed by atoms with Crippen molar-refractivity contribution in [2.24, 2.45) is 0 Å². The molecule has 7 nitrogen and oxygen atoms in total. The number of ether oxygens (including phenoxy) is 1. The molecule has 0 aliphatic rings. The fourth-order valence-corrected chi connectivity index (χ4v) is 3.74. The van der Waals surface area contributed by atoms with Gasteiger partial charge in [-0.2, -0.15) is 0 Å². The number of hydrogen-bond acceptors (Lipinski definition) is 4. The summed E-state index contributed by atoms with van der Waals surface area (Å²) in [5.41, 5.74) is 2.31. The monoisotopic (exact) mass is 489 g/mol. The van der Waals surface area contributed by atoms with Gasteiger partial charge in [0.1, 0.15) is 18.2 Å². The Bertz CT molecular complexity index is 817. The molecule has 1 aromatic rings. The predicted octanol–water partition coefficient (Wildman–Crippen LogP) is 5.58. The highest BCUT2D eigenvalue weighted by Gasteiger charge is 2.31. The van der Waals surface area contributed by atoms with Crippen LogP contribution in [0.15, 0.2) is 18.2 Å². The fourth-order valence-electron chi connectivity index (χ4n) is 3.74. The van der Waals surface area contributed by atoms with Crippen molar-refractivity contribution in [3.05, 3.63) is 34.9 Å². The van der Waals surface area contributed by atoms with Gasteiger partial charge in [-0.1, -0.05) is 64.2 Å². The van der Waals surface area contributed by atoms with Gasteiger partial charge in [0.15, 0.2) is 0 Å². The summed E-state index contributed by atoms with van der Waals surface area (Å²) in [6, 6.07) is 5.13. The van der Waals surface area contributed by atoms with Gasteiger partial charge in [0.25, 0.3) is 0 Å². The minimum absolute atomic E-state index is 0.194. The molecule has 0 fully saturated rings. The number of unbranched alkanes of at least 4 members (excludes halogenated alkanes) is 5. The lowest BCUT2D eigenvalue weighted by molar-refractivity contribution is -0.140. The van der Waals surface area contributed by atoms with Gasteiger partial charge in [-0.25, -0.2) is 4.79 Å². The average Bonchev–Trinajstić information content (AvgIpc) is 2.77. The Morgan fingerprint density at radius 3 is 2.17 bits per heavy atom. The smallest absolute Gasteiger partial charge is 0.408 e. The van der Waals surface area contributed by atoms with E-state index in [4.69, 9.17) is 4.74 Å². The Morgan fingerprint density at radius 1 is 0.914 bits per heavy atom. The quantitative estimate of drug-likeness (QED) is 0.334. The van der Waals surface area contributed by atoms with E-state index < -0.39 is 17.7 Å². The molecule has 35 heavy (non-hydrogen) atoms. The Morgan fingerprint density at radius 2 is 1.57 bits per heavy atom. The standard InChI is InChI=1S/C28H47N3O4/c1-8-10-12-13-14-18-31(24(32)20-30-27(34)35-28(5,6)7)25(26(33)29-17-11-9-2)23-16-15-21(3)22(4)19-23/h15-16,19,25H,8-14,17-18,20H2,1-7H3,(H,29,33)(H,30,34). The zero-order valence-corrected chi connectivity index (χ0v) is 23.0. The maximum Gasteiger partial charge on any atom is 0.408 e. The molecule has 0 spiro atoms. The number of hydrogen-bond donors (Lipinski definition) is 2. The Labute approximate surface area is 212 Å². The van der Waals surface area contributed by atoms with E-state index in [9.17, 15) is 14.4 Å². The molecule has 1 rings (SSSR count). The molecule has 1 unspecified atom stereocenters. The van der Waals surface area contributed by atoms with E-state index in [1.54, 1.807) is 25.7 Å². The lowest BCUT2D eigenvalue weighted by atomic mass is 9.98. The van der Waals surface area contributed by atoms with E-state index in [0.29, 0.717) is 13.1 Å². The summed E-state index contributed by atoms with van der Waals surface area (Å²) >= 11 is 0. The number of amides is 3. The van der Waals surface area contributed by atoms with Crippen molar-refractivity contribution >= 4 is 17.9 Å². The summed E-state index contributed by atoms with van der Waals surface area (Å²) < 4.78 is 5.28. The van der Waals surface area contributed by atoms with Crippen LogP contribution in [0.4, 0.5) is 4.79 Å². The van der Waals surface area contributed by atoms with Gasteiger partial charge in [0.2, 0.25) is 11.8 Å². The number of nitrogens with zero attached hydrogens (tertiary/aromatic N) is 1. The highest BCUT2D eigenvalue weighted by atomic mass is 16.6. The van der Waals surface area contributed by atoms with Crippen LogP contribution in [-0.4, -0.2) is 48.0 Å². The molecule has 0 aliphatic carbocycles. The Kier molecular flexibility index (Phi) is 13.4. The summed E-state index contributed by atoms with van der Waals surface area (Å²) in [5, 5.41) is 5.58. The molecule has 2 N–H and O–H groups in total. The summed E-state index contributed by atoms with van der Waals surface area (Å²) in [7, 11) is 0. The third-order valence-electron chi connectivity index (χ3n) is 5.84. The van der Waals surface area contributed by atoms with E-state index in [1.165, 1.54) is 0 Å². The third-order valence-corrected chi connectivity index (χ3v) is 5.84. The van der Waals surface area contributed by atoms with Crippen molar-refractivity contribution in [3.63, 3.8) is 0 Å². The number of rotatable bonds is 14. The topological polar surface area (TPSA) is 87.7 Å². The van der Waals surface area contributed by atoms with E-state index in [-0.39, 0.29) is 18.4 Å². The second kappa shape index (κ2) is 15.4. The molecule has 0 saturated carbocycles. The van der Waals surface area contributed by atoms with E-state index >= 15 is 0 Å². The zero-order valence-electron chi connectivity index (χ0n) is 23.0. The number of benzene rings is 1. The number of aryl methyl sites for hydroxylation is 2. The Hall–Kier alpha value is -2.57. The van der Waals surface area contributed by atoms with Crippen LogP contribution >= 0.6 is 0 Å². The van der Waals surface area contributed by atoms with E-state index in [0.717, 1.165) is 61.6 Å². The molecule has 0 aliphatic heterocycles. The molecule has 3 amide bonds. The van der Waals surface area contributed by atoms with Crippen LogP contribution < -0.4 is 10.6 Å². The predicted molar refractivity (Wildman–Crippen MR) is 141 cm³/mol. The molecular weight excluding hydrogens is 442 g/mol. The maximum atomic E-state index is 13.4. The first kappa shape index (κ1) is 30.5. The highest BCUT2D eigenvalue weighted by Crippen LogP contribution is 2.25. The van der Waals surface area contributed by atoms with Gasteiger partial charge in [-0.05, 0) is 64.2 Å². The lowest BCUT2D eigenvalue weighted by Gasteiger charge is -2.32. The largest absolute Gasteiger partial charge is 0.444 e. The summed E-state index contributed by atoms with van der Waals surface area (Å²) in [4.78, 5) is 40.6. The maximum absolute atomic E-state index is 13.4. The molecule has 0 radical (unpaired) electrons. The zero-order chi connectivity index (χ0) is 26.4. The first-order chi connectivity index (χ1) is 16.5. The molecule has 0 bridgehead atoms. The normalized spacial score (nSPS) is 12.1. The van der Waals surface area contributed by atoms with Crippen LogP contribution in [0.25, 0.3) is 0 Å². The van der Waals surface area contributed by atoms with Crippen LogP contribution in [-0.2, 0) is 14.3 Å². The summed E-state index contributed by atoms with van der Waals surface area (Å²) in [6.45, 7) is 14.4. The molecule has 0 aromatic heterocycles. The highest BCUT2D eigenvalue weighted by molar-refractivity contribution is 5.90. The molecule has 0 heterocycles. The van der Waals surface area contributed by atoms with Crippen LogP contribution in [0, 0.1) is 13.8 Å². The first-order valence-corrected chi connectivity index (χ1v) is 13.1. The molecule has 198 valence electrons. The average molecular weight is 490 g/mol. The van der Waals surface area contributed by atoms with Crippen molar-refractivity contribution in [2.45, 2.75) is 105 Å². The molecular formula is C28H47N3O4. The number of carbonyl (C=O) groups excluding carboxylic acids is 3. The van der Waals surface area contributed by atoms with Crippen LogP contribution in [0.5, 0.6) is 0 Å². The molecule has 7 heteroatoms. The van der Waals surface area contributed by atoms with E-state index in [1.807, 2.05) is 32.0 Å². The summed E-state index contributed by atoms with van der Waals surface area (Å²) in [6.07, 6.45) is 6.33. The molecule has 1 atom stereocenters. The van der Waals surface area contributed by atoms with Crippen LogP contribution in [0.3, 0.4) is 0 Å². The van der Waals surface area contributed by atoms with Crippen LogP contribution in [0.2, 0.25) is 0 Å². The second-order valence-electron chi connectivity index (χ2n) is 10.2. The van der Waals surface area contributed by atoms with Crippen molar-refractivity contribution in [2.75, 3.05) is 19.6 Å². The van der Waals surface area contributed by atoms with Crippen molar-refractivity contribution in [1.29, 1.82) is 0 Å².